The maximum absolute atomic E-state index is 12.4. The highest BCUT2D eigenvalue weighted by molar-refractivity contribution is 5.78. The molecular formula is C20H35N3O2. The Balaban J connectivity index is 1.38. The molecule has 142 valence electrons. The fraction of sp³-hybridized carbons (Fsp3) is 0.900. The number of nitrogens with zero attached hydrogens (tertiary/aromatic N) is 2. The van der Waals surface area contributed by atoms with Gasteiger partial charge in [-0.15, -0.1) is 0 Å². The highest BCUT2D eigenvalue weighted by Gasteiger charge is 2.33. The molecule has 0 aromatic carbocycles. The van der Waals surface area contributed by atoms with Crippen molar-refractivity contribution in [2.45, 2.75) is 58.8 Å². The smallest absolute Gasteiger partial charge is 0.317 e. The first-order valence-electron chi connectivity index (χ1n) is 10.3. The zero-order valence-corrected chi connectivity index (χ0v) is 16.0. The Labute approximate surface area is 152 Å². The number of fused-ring (bicyclic) bond motifs is 1. The van der Waals surface area contributed by atoms with Crippen molar-refractivity contribution in [3.8, 4) is 0 Å². The molecule has 0 bridgehead atoms. The molecule has 1 saturated carbocycles. The van der Waals surface area contributed by atoms with Crippen molar-refractivity contribution < 1.29 is 9.59 Å². The van der Waals surface area contributed by atoms with Crippen LogP contribution in [0.2, 0.25) is 0 Å². The number of likely N-dealkylation sites (tertiary alicyclic amines) is 2. The molecule has 2 aliphatic heterocycles. The molecule has 5 heteroatoms. The van der Waals surface area contributed by atoms with Gasteiger partial charge in [-0.1, -0.05) is 33.1 Å². The van der Waals surface area contributed by atoms with Gasteiger partial charge in [0.25, 0.3) is 0 Å². The van der Waals surface area contributed by atoms with E-state index < -0.39 is 0 Å². The summed E-state index contributed by atoms with van der Waals surface area (Å²) in [4.78, 5) is 28.8. The van der Waals surface area contributed by atoms with Crippen molar-refractivity contribution in [2.75, 3.05) is 32.7 Å². The molecule has 0 aromatic rings. The van der Waals surface area contributed by atoms with Crippen LogP contribution in [-0.4, -0.2) is 54.5 Å². The number of hydrogen-bond acceptors (Lipinski definition) is 2. The monoisotopic (exact) mass is 349 g/mol. The fourth-order valence-corrected chi connectivity index (χ4v) is 5.20. The third-order valence-corrected chi connectivity index (χ3v) is 6.42. The first-order chi connectivity index (χ1) is 12.0. The van der Waals surface area contributed by atoms with Crippen molar-refractivity contribution >= 4 is 11.9 Å². The van der Waals surface area contributed by atoms with Gasteiger partial charge in [0.2, 0.25) is 5.91 Å². The summed E-state index contributed by atoms with van der Waals surface area (Å²) >= 11 is 0. The standard InChI is InChI=1S/C20H35N3O2/c1-15-11-16(2)13-23(12-15)19(24)7-9-21-20(25)22-10-8-17-5-3-4-6-18(17)14-22/h15-18H,3-14H2,1-2H3,(H,21,25). The molecule has 1 aliphatic carbocycles. The topological polar surface area (TPSA) is 52.7 Å². The Morgan fingerprint density at radius 3 is 2.32 bits per heavy atom. The normalized spacial score (nSPS) is 32.9. The fourth-order valence-electron chi connectivity index (χ4n) is 5.20. The number of carbonyl (C=O) groups excluding carboxylic acids is 2. The van der Waals surface area contributed by atoms with Gasteiger partial charge in [-0.2, -0.15) is 0 Å². The Bertz CT molecular complexity index is 472. The molecule has 0 spiro atoms. The molecule has 2 saturated heterocycles. The molecule has 0 aromatic heterocycles. The molecule has 1 N–H and O–H groups in total. The lowest BCUT2D eigenvalue weighted by Crippen LogP contribution is -2.49. The number of nitrogens with one attached hydrogen (secondary N) is 1. The SMILES string of the molecule is CC1CC(C)CN(C(=O)CCNC(=O)N2CCC3CCCCC3C2)C1. The first-order valence-corrected chi connectivity index (χ1v) is 10.3. The predicted molar refractivity (Wildman–Crippen MR) is 99.2 cm³/mol. The van der Waals surface area contributed by atoms with Crippen molar-refractivity contribution in [3.63, 3.8) is 0 Å². The van der Waals surface area contributed by atoms with Crippen LogP contribution in [0.3, 0.4) is 0 Å². The molecule has 5 nitrogen and oxygen atoms in total. The van der Waals surface area contributed by atoms with E-state index in [1.165, 1.54) is 32.1 Å². The van der Waals surface area contributed by atoms with E-state index in [9.17, 15) is 9.59 Å². The molecule has 3 aliphatic rings. The first kappa shape index (κ1) is 18.5. The molecule has 4 atom stereocenters. The van der Waals surface area contributed by atoms with E-state index >= 15 is 0 Å². The average Bonchev–Trinajstić information content (AvgIpc) is 2.60. The lowest BCUT2D eigenvalue weighted by Gasteiger charge is -2.41. The van der Waals surface area contributed by atoms with Gasteiger partial charge in [0.15, 0.2) is 0 Å². The summed E-state index contributed by atoms with van der Waals surface area (Å²) in [6, 6.07) is 0.0252. The molecule has 3 amide bonds. The van der Waals surface area contributed by atoms with Crippen LogP contribution in [0.15, 0.2) is 0 Å². The second kappa shape index (κ2) is 8.41. The van der Waals surface area contributed by atoms with Gasteiger partial charge >= 0.3 is 6.03 Å². The molecular weight excluding hydrogens is 314 g/mol. The van der Waals surface area contributed by atoms with Gasteiger partial charge in [-0.3, -0.25) is 4.79 Å². The summed E-state index contributed by atoms with van der Waals surface area (Å²) in [5.41, 5.74) is 0. The van der Waals surface area contributed by atoms with E-state index in [0.29, 0.717) is 30.7 Å². The number of amides is 3. The van der Waals surface area contributed by atoms with Crippen molar-refractivity contribution in [2.24, 2.45) is 23.7 Å². The second-order valence-electron chi connectivity index (χ2n) is 8.77. The number of urea groups is 1. The predicted octanol–water partition coefficient (Wildman–Crippen LogP) is 3.10. The zero-order valence-electron chi connectivity index (χ0n) is 16.0. The number of piperidine rings is 2. The lowest BCUT2D eigenvalue weighted by molar-refractivity contribution is -0.133. The van der Waals surface area contributed by atoms with Crippen molar-refractivity contribution in [3.05, 3.63) is 0 Å². The van der Waals surface area contributed by atoms with Gasteiger partial charge in [0, 0.05) is 39.1 Å². The molecule has 2 heterocycles. The van der Waals surface area contributed by atoms with Gasteiger partial charge in [-0.05, 0) is 42.9 Å². The maximum atomic E-state index is 12.4. The summed E-state index contributed by atoms with van der Waals surface area (Å²) in [5, 5.41) is 2.98. The van der Waals surface area contributed by atoms with E-state index in [1.807, 2.05) is 9.80 Å². The van der Waals surface area contributed by atoms with Gasteiger partial charge < -0.3 is 15.1 Å². The Morgan fingerprint density at radius 2 is 1.60 bits per heavy atom. The van der Waals surface area contributed by atoms with E-state index in [-0.39, 0.29) is 11.9 Å². The largest absolute Gasteiger partial charge is 0.342 e. The lowest BCUT2D eigenvalue weighted by atomic mass is 9.75. The third-order valence-electron chi connectivity index (χ3n) is 6.42. The van der Waals surface area contributed by atoms with Crippen LogP contribution in [0.25, 0.3) is 0 Å². The summed E-state index contributed by atoms with van der Waals surface area (Å²) in [6.45, 7) is 8.41. The van der Waals surface area contributed by atoms with Gasteiger partial charge in [-0.25, -0.2) is 4.79 Å². The number of hydrogen-bond donors (Lipinski definition) is 1. The zero-order chi connectivity index (χ0) is 17.8. The molecule has 4 unspecified atom stereocenters. The van der Waals surface area contributed by atoms with E-state index in [1.54, 1.807) is 0 Å². The minimum atomic E-state index is 0.0252. The third kappa shape index (κ3) is 4.89. The van der Waals surface area contributed by atoms with Gasteiger partial charge in [0.05, 0.1) is 0 Å². The summed E-state index contributed by atoms with van der Waals surface area (Å²) < 4.78 is 0. The van der Waals surface area contributed by atoms with Crippen molar-refractivity contribution in [1.82, 2.24) is 15.1 Å². The quantitative estimate of drug-likeness (QED) is 0.851. The van der Waals surface area contributed by atoms with Crippen LogP contribution >= 0.6 is 0 Å². The minimum absolute atomic E-state index is 0.0252. The van der Waals surface area contributed by atoms with Crippen LogP contribution in [0.5, 0.6) is 0 Å². The summed E-state index contributed by atoms with van der Waals surface area (Å²) in [7, 11) is 0. The second-order valence-corrected chi connectivity index (χ2v) is 8.77. The number of rotatable bonds is 3. The molecule has 3 fully saturated rings. The van der Waals surface area contributed by atoms with Crippen LogP contribution in [0.1, 0.15) is 58.8 Å². The average molecular weight is 350 g/mol. The Hall–Kier alpha value is -1.26. The van der Waals surface area contributed by atoms with Crippen molar-refractivity contribution in [1.29, 1.82) is 0 Å². The highest BCUT2D eigenvalue weighted by Crippen LogP contribution is 2.35. The Kier molecular flexibility index (Phi) is 6.24. The van der Waals surface area contributed by atoms with Crippen LogP contribution in [0.4, 0.5) is 4.79 Å². The highest BCUT2D eigenvalue weighted by atomic mass is 16.2. The molecule has 0 radical (unpaired) electrons. The Morgan fingerprint density at radius 1 is 0.920 bits per heavy atom. The molecule has 25 heavy (non-hydrogen) atoms. The minimum Gasteiger partial charge on any atom is -0.342 e. The van der Waals surface area contributed by atoms with E-state index in [2.05, 4.69) is 19.2 Å². The number of carbonyl (C=O) groups is 2. The maximum Gasteiger partial charge on any atom is 0.317 e. The van der Waals surface area contributed by atoms with Crippen LogP contribution in [0, 0.1) is 23.7 Å². The van der Waals surface area contributed by atoms with Gasteiger partial charge in [0.1, 0.15) is 0 Å². The van der Waals surface area contributed by atoms with E-state index in [0.717, 1.165) is 38.5 Å². The van der Waals surface area contributed by atoms with Crippen LogP contribution in [-0.2, 0) is 4.79 Å². The summed E-state index contributed by atoms with van der Waals surface area (Å²) in [6.07, 6.45) is 8.09. The van der Waals surface area contributed by atoms with E-state index in [4.69, 9.17) is 0 Å². The van der Waals surface area contributed by atoms with Crippen LogP contribution < -0.4 is 5.32 Å². The molecule has 3 rings (SSSR count). The summed E-state index contributed by atoms with van der Waals surface area (Å²) in [5.74, 6) is 2.89.